The molecule has 0 aromatic heterocycles. The average molecular weight is 207 g/mol. The van der Waals surface area contributed by atoms with E-state index in [1.165, 1.54) is 6.07 Å². The minimum absolute atomic E-state index is 0.0702. The lowest BCUT2D eigenvalue weighted by molar-refractivity contribution is 0.621. The second kappa shape index (κ2) is 5.32. The minimum Gasteiger partial charge on any atom is -0.382 e. The van der Waals surface area contributed by atoms with Gasteiger partial charge in [0.05, 0.1) is 5.69 Å². The first-order chi connectivity index (χ1) is 7.19. The standard InChI is InChI=1S/C11H14FN3/c1-8(14-2)7-15-11-5-3-4-10(12)9(11)6-13/h3-5,8,14-15H,7H2,1-2H3. The van der Waals surface area contributed by atoms with Gasteiger partial charge in [0, 0.05) is 12.6 Å². The quantitative estimate of drug-likeness (QED) is 0.790. The molecule has 2 N–H and O–H groups in total. The minimum atomic E-state index is -0.486. The van der Waals surface area contributed by atoms with Crippen LogP contribution in [0.4, 0.5) is 10.1 Å². The zero-order chi connectivity index (χ0) is 11.3. The summed E-state index contributed by atoms with van der Waals surface area (Å²) in [4.78, 5) is 0. The number of nitrogens with one attached hydrogen (secondary N) is 2. The smallest absolute Gasteiger partial charge is 0.143 e. The zero-order valence-electron chi connectivity index (χ0n) is 8.84. The van der Waals surface area contributed by atoms with Crippen LogP contribution in [0.2, 0.25) is 0 Å². The van der Waals surface area contributed by atoms with Crippen LogP contribution in [-0.4, -0.2) is 19.6 Å². The molecule has 1 rings (SSSR count). The SMILES string of the molecule is CNC(C)CNc1cccc(F)c1C#N. The molecule has 80 valence electrons. The Balaban J connectivity index is 2.77. The molecule has 0 saturated heterocycles. The molecule has 0 aliphatic heterocycles. The van der Waals surface area contributed by atoms with Gasteiger partial charge in [-0.25, -0.2) is 4.39 Å². The van der Waals surface area contributed by atoms with Gasteiger partial charge in [0.25, 0.3) is 0 Å². The summed E-state index contributed by atoms with van der Waals surface area (Å²) in [6.45, 7) is 2.65. The van der Waals surface area contributed by atoms with E-state index in [-0.39, 0.29) is 11.6 Å². The summed E-state index contributed by atoms with van der Waals surface area (Å²) in [5.41, 5.74) is 0.611. The first-order valence-electron chi connectivity index (χ1n) is 4.78. The van der Waals surface area contributed by atoms with Gasteiger partial charge < -0.3 is 10.6 Å². The molecule has 0 aliphatic carbocycles. The molecule has 0 bridgehead atoms. The molecule has 0 aliphatic rings. The normalized spacial score (nSPS) is 11.9. The lowest BCUT2D eigenvalue weighted by atomic mass is 10.2. The van der Waals surface area contributed by atoms with E-state index in [1.54, 1.807) is 12.1 Å². The van der Waals surface area contributed by atoms with Crippen molar-refractivity contribution in [1.82, 2.24) is 5.32 Å². The van der Waals surface area contributed by atoms with Crippen molar-refractivity contribution < 1.29 is 4.39 Å². The summed E-state index contributed by atoms with van der Waals surface area (Å²) >= 11 is 0. The maximum absolute atomic E-state index is 13.2. The largest absolute Gasteiger partial charge is 0.382 e. The number of nitrogens with zero attached hydrogens (tertiary/aromatic N) is 1. The molecule has 0 amide bonds. The van der Waals surface area contributed by atoms with E-state index in [1.807, 2.05) is 20.0 Å². The molecule has 0 spiro atoms. The number of rotatable bonds is 4. The Morgan fingerprint density at radius 3 is 2.87 bits per heavy atom. The lowest BCUT2D eigenvalue weighted by Gasteiger charge is -2.13. The molecule has 1 aromatic rings. The van der Waals surface area contributed by atoms with Crippen molar-refractivity contribution in [3.8, 4) is 6.07 Å². The molecule has 0 heterocycles. The summed E-state index contributed by atoms with van der Waals surface area (Å²) < 4.78 is 13.2. The van der Waals surface area contributed by atoms with E-state index in [0.717, 1.165) is 0 Å². The summed E-state index contributed by atoms with van der Waals surface area (Å²) in [6.07, 6.45) is 0. The number of halogens is 1. The third-order valence-electron chi connectivity index (χ3n) is 2.22. The molecule has 0 saturated carbocycles. The highest BCUT2D eigenvalue weighted by Crippen LogP contribution is 2.17. The van der Waals surface area contributed by atoms with Crippen molar-refractivity contribution in [2.24, 2.45) is 0 Å². The predicted molar refractivity (Wildman–Crippen MR) is 58.1 cm³/mol. The van der Waals surface area contributed by atoms with Gasteiger partial charge in [0.1, 0.15) is 17.4 Å². The fraction of sp³-hybridized carbons (Fsp3) is 0.364. The van der Waals surface area contributed by atoms with Crippen molar-refractivity contribution >= 4 is 5.69 Å². The highest BCUT2D eigenvalue weighted by atomic mass is 19.1. The Morgan fingerprint density at radius 1 is 1.53 bits per heavy atom. The molecule has 3 nitrogen and oxygen atoms in total. The average Bonchev–Trinajstić information content (AvgIpc) is 2.25. The fourth-order valence-electron chi connectivity index (χ4n) is 1.15. The number of nitriles is 1. The number of likely N-dealkylation sites (N-methyl/N-ethyl adjacent to an activating group) is 1. The van der Waals surface area contributed by atoms with Crippen molar-refractivity contribution in [1.29, 1.82) is 5.26 Å². The van der Waals surface area contributed by atoms with Crippen LogP contribution in [0.25, 0.3) is 0 Å². The highest BCUT2D eigenvalue weighted by molar-refractivity contribution is 5.57. The zero-order valence-corrected chi connectivity index (χ0v) is 8.84. The van der Waals surface area contributed by atoms with Gasteiger partial charge in [0.15, 0.2) is 0 Å². The van der Waals surface area contributed by atoms with E-state index < -0.39 is 5.82 Å². The Hall–Kier alpha value is -1.60. The first-order valence-corrected chi connectivity index (χ1v) is 4.78. The maximum atomic E-state index is 13.2. The topological polar surface area (TPSA) is 47.8 Å². The summed E-state index contributed by atoms with van der Waals surface area (Å²) in [5, 5.41) is 14.9. The third-order valence-corrected chi connectivity index (χ3v) is 2.22. The van der Waals surface area contributed by atoms with Crippen LogP contribution in [0, 0.1) is 17.1 Å². The van der Waals surface area contributed by atoms with Gasteiger partial charge in [-0.1, -0.05) is 6.07 Å². The van der Waals surface area contributed by atoms with Gasteiger partial charge in [-0.05, 0) is 26.1 Å². The summed E-state index contributed by atoms with van der Waals surface area (Å²) in [5.74, 6) is -0.486. The molecule has 1 atom stereocenters. The second-order valence-electron chi connectivity index (χ2n) is 3.34. The Morgan fingerprint density at radius 2 is 2.27 bits per heavy atom. The number of benzene rings is 1. The lowest BCUT2D eigenvalue weighted by Crippen LogP contribution is -2.29. The Kier molecular flexibility index (Phi) is 4.07. The molecule has 4 heteroatoms. The van der Waals surface area contributed by atoms with Gasteiger partial charge >= 0.3 is 0 Å². The number of anilines is 1. The Bertz CT molecular complexity index is 371. The van der Waals surface area contributed by atoms with E-state index >= 15 is 0 Å². The molecule has 1 aromatic carbocycles. The molecule has 0 fully saturated rings. The molecule has 15 heavy (non-hydrogen) atoms. The highest BCUT2D eigenvalue weighted by Gasteiger charge is 2.07. The number of hydrogen-bond donors (Lipinski definition) is 2. The van der Waals surface area contributed by atoms with Crippen molar-refractivity contribution in [3.05, 3.63) is 29.6 Å². The predicted octanol–water partition coefficient (Wildman–Crippen LogP) is 1.72. The Labute approximate surface area is 88.9 Å². The maximum Gasteiger partial charge on any atom is 0.143 e. The van der Waals surface area contributed by atoms with Crippen LogP contribution in [0.5, 0.6) is 0 Å². The van der Waals surface area contributed by atoms with E-state index in [0.29, 0.717) is 12.2 Å². The van der Waals surface area contributed by atoms with E-state index in [4.69, 9.17) is 5.26 Å². The van der Waals surface area contributed by atoms with Crippen molar-refractivity contribution in [2.45, 2.75) is 13.0 Å². The van der Waals surface area contributed by atoms with Gasteiger partial charge in [0.2, 0.25) is 0 Å². The van der Waals surface area contributed by atoms with Crippen molar-refractivity contribution in [3.63, 3.8) is 0 Å². The van der Waals surface area contributed by atoms with Crippen LogP contribution in [0.3, 0.4) is 0 Å². The van der Waals surface area contributed by atoms with Crippen LogP contribution >= 0.6 is 0 Å². The van der Waals surface area contributed by atoms with Gasteiger partial charge in [-0.15, -0.1) is 0 Å². The van der Waals surface area contributed by atoms with E-state index in [2.05, 4.69) is 10.6 Å². The summed E-state index contributed by atoms with van der Waals surface area (Å²) in [7, 11) is 1.85. The van der Waals surface area contributed by atoms with Gasteiger partial charge in [-0.2, -0.15) is 5.26 Å². The van der Waals surface area contributed by atoms with Crippen molar-refractivity contribution in [2.75, 3.05) is 18.9 Å². The van der Waals surface area contributed by atoms with Crippen LogP contribution < -0.4 is 10.6 Å². The first kappa shape index (κ1) is 11.5. The monoisotopic (exact) mass is 207 g/mol. The molecule has 1 unspecified atom stereocenters. The molecular weight excluding hydrogens is 193 g/mol. The number of hydrogen-bond acceptors (Lipinski definition) is 3. The molecule has 0 radical (unpaired) electrons. The summed E-state index contributed by atoms with van der Waals surface area (Å²) in [6, 6.07) is 6.68. The van der Waals surface area contributed by atoms with Crippen LogP contribution in [0.1, 0.15) is 12.5 Å². The van der Waals surface area contributed by atoms with Gasteiger partial charge in [-0.3, -0.25) is 0 Å². The molecular formula is C11H14FN3. The van der Waals surface area contributed by atoms with Crippen LogP contribution in [-0.2, 0) is 0 Å². The van der Waals surface area contributed by atoms with E-state index in [9.17, 15) is 4.39 Å². The fourth-order valence-corrected chi connectivity index (χ4v) is 1.15. The third kappa shape index (κ3) is 2.93. The second-order valence-corrected chi connectivity index (χ2v) is 3.34. The van der Waals surface area contributed by atoms with Crippen LogP contribution in [0.15, 0.2) is 18.2 Å².